The molecule has 6 heteroatoms. The summed E-state index contributed by atoms with van der Waals surface area (Å²) >= 11 is 0. The summed E-state index contributed by atoms with van der Waals surface area (Å²) in [5.41, 5.74) is 0.834. The molecule has 2 rings (SSSR count). The Balaban J connectivity index is 2.10. The summed E-state index contributed by atoms with van der Waals surface area (Å²) in [6, 6.07) is 5.73. The Kier molecular flexibility index (Phi) is 4.02. The third-order valence-electron chi connectivity index (χ3n) is 2.88. The maximum atomic E-state index is 13.6. The highest BCUT2D eigenvalue weighted by molar-refractivity contribution is 5.92. The lowest BCUT2D eigenvalue weighted by molar-refractivity contribution is 0.0930. The Labute approximate surface area is 115 Å². The van der Waals surface area contributed by atoms with Gasteiger partial charge >= 0.3 is 0 Å². The number of halogens is 1. The van der Waals surface area contributed by atoms with Gasteiger partial charge in [0.15, 0.2) is 17.3 Å². The van der Waals surface area contributed by atoms with Crippen LogP contribution in [0, 0.1) is 12.7 Å². The van der Waals surface area contributed by atoms with Crippen LogP contribution in [-0.4, -0.2) is 18.2 Å². The van der Waals surface area contributed by atoms with Crippen molar-refractivity contribution in [2.75, 3.05) is 7.11 Å². The zero-order valence-electron chi connectivity index (χ0n) is 11.4. The van der Waals surface area contributed by atoms with E-state index in [1.165, 1.54) is 25.3 Å². The zero-order valence-corrected chi connectivity index (χ0v) is 11.4. The van der Waals surface area contributed by atoms with Gasteiger partial charge in [0.25, 0.3) is 5.91 Å². The first-order valence-corrected chi connectivity index (χ1v) is 6.09. The van der Waals surface area contributed by atoms with E-state index in [1.807, 2.05) is 0 Å². The van der Waals surface area contributed by atoms with Crippen molar-refractivity contribution in [3.63, 3.8) is 0 Å². The van der Waals surface area contributed by atoms with Gasteiger partial charge in [-0.15, -0.1) is 0 Å². The van der Waals surface area contributed by atoms with Crippen molar-refractivity contribution in [1.29, 1.82) is 0 Å². The number of rotatable bonds is 4. The van der Waals surface area contributed by atoms with Crippen molar-refractivity contribution in [3.05, 3.63) is 47.1 Å². The topological polar surface area (TPSA) is 64.4 Å². The molecule has 106 valence electrons. The first-order valence-electron chi connectivity index (χ1n) is 6.09. The number of aryl methyl sites for hydroxylation is 1. The molecular formula is C14H15FN2O3. The lowest BCUT2D eigenvalue weighted by Gasteiger charge is -2.14. The molecule has 0 unspecified atom stereocenters. The van der Waals surface area contributed by atoms with Crippen molar-refractivity contribution < 1.29 is 18.4 Å². The number of hydrogen-bond acceptors (Lipinski definition) is 4. The number of benzene rings is 1. The number of ether oxygens (including phenoxy) is 1. The second kappa shape index (κ2) is 5.73. The van der Waals surface area contributed by atoms with Gasteiger partial charge < -0.3 is 14.6 Å². The van der Waals surface area contributed by atoms with Crippen LogP contribution in [0.3, 0.4) is 0 Å². The Hall–Kier alpha value is -2.37. The van der Waals surface area contributed by atoms with Gasteiger partial charge in [-0.2, -0.15) is 0 Å². The molecule has 0 saturated carbocycles. The highest BCUT2D eigenvalue weighted by atomic mass is 19.1. The molecule has 5 nitrogen and oxygen atoms in total. The first kappa shape index (κ1) is 14.0. The number of amides is 1. The molecule has 1 N–H and O–H groups in total. The van der Waals surface area contributed by atoms with Crippen molar-refractivity contribution in [2.45, 2.75) is 19.9 Å². The summed E-state index contributed by atoms with van der Waals surface area (Å²) in [4.78, 5) is 11.9. The molecule has 2 aromatic rings. The van der Waals surface area contributed by atoms with E-state index in [2.05, 4.69) is 10.5 Å². The molecule has 20 heavy (non-hydrogen) atoms. The lowest BCUT2D eigenvalue weighted by Crippen LogP contribution is -2.26. The van der Waals surface area contributed by atoms with Crippen LogP contribution in [0.25, 0.3) is 0 Å². The number of methoxy groups -OCH3 is 1. The fraction of sp³-hybridized carbons (Fsp3) is 0.286. The van der Waals surface area contributed by atoms with Crippen molar-refractivity contribution in [3.8, 4) is 5.75 Å². The van der Waals surface area contributed by atoms with Gasteiger partial charge in [-0.3, -0.25) is 4.79 Å². The van der Waals surface area contributed by atoms with Crippen LogP contribution >= 0.6 is 0 Å². The van der Waals surface area contributed by atoms with E-state index in [4.69, 9.17) is 9.26 Å². The number of nitrogens with zero attached hydrogens (tertiary/aromatic N) is 1. The molecule has 1 atom stereocenters. The Morgan fingerprint density at radius 1 is 1.45 bits per heavy atom. The van der Waals surface area contributed by atoms with Crippen molar-refractivity contribution >= 4 is 5.91 Å². The van der Waals surface area contributed by atoms with E-state index in [1.54, 1.807) is 19.9 Å². The number of nitrogens with one attached hydrogen (secondary N) is 1. The molecule has 1 heterocycles. The van der Waals surface area contributed by atoms with E-state index in [9.17, 15) is 9.18 Å². The molecular weight excluding hydrogens is 263 g/mol. The van der Waals surface area contributed by atoms with Crippen LogP contribution in [0.15, 0.2) is 28.8 Å². The molecule has 0 aliphatic rings. The standard InChI is InChI=1S/C14H15FN2O3/c1-8-6-12(17-20-8)14(18)16-9(2)10-4-5-13(19-3)11(15)7-10/h4-7,9H,1-3H3,(H,16,18)/t9-/m1/s1. The maximum Gasteiger partial charge on any atom is 0.273 e. The molecule has 1 aromatic heterocycles. The Morgan fingerprint density at radius 2 is 2.20 bits per heavy atom. The lowest BCUT2D eigenvalue weighted by atomic mass is 10.1. The largest absolute Gasteiger partial charge is 0.494 e. The Morgan fingerprint density at radius 3 is 2.75 bits per heavy atom. The molecule has 0 aliphatic heterocycles. The van der Waals surface area contributed by atoms with Crippen LogP contribution in [0.2, 0.25) is 0 Å². The normalized spacial score (nSPS) is 12.0. The number of aromatic nitrogens is 1. The van der Waals surface area contributed by atoms with Crippen LogP contribution in [-0.2, 0) is 0 Å². The first-order chi connectivity index (χ1) is 9.51. The monoisotopic (exact) mass is 278 g/mol. The summed E-state index contributed by atoms with van der Waals surface area (Å²) in [5, 5.41) is 6.35. The minimum Gasteiger partial charge on any atom is -0.494 e. The van der Waals surface area contributed by atoms with E-state index >= 15 is 0 Å². The zero-order chi connectivity index (χ0) is 14.7. The minimum absolute atomic E-state index is 0.166. The van der Waals surface area contributed by atoms with Crippen LogP contribution < -0.4 is 10.1 Å². The van der Waals surface area contributed by atoms with Crippen LogP contribution in [0.5, 0.6) is 5.75 Å². The van der Waals surface area contributed by atoms with Gasteiger partial charge in [-0.1, -0.05) is 11.2 Å². The fourth-order valence-corrected chi connectivity index (χ4v) is 1.78. The second-order valence-electron chi connectivity index (χ2n) is 4.41. The number of carbonyl (C=O) groups is 1. The molecule has 0 radical (unpaired) electrons. The molecule has 1 aromatic carbocycles. The number of carbonyl (C=O) groups excluding carboxylic acids is 1. The molecule has 0 aliphatic carbocycles. The van der Waals surface area contributed by atoms with Gasteiger partial charge in [0.05, 0.1) is 13.2 Å². The maximum absolute atomic E-state index is 13.6. The minimum atomic E-state index is -0.469. The third-order valence-corrected chi connectivity index (χ3v) is 2.88. The molecule has 0 bridgehead atoms. The Bertz CT molecular complexity index is 625. The van der Waals surface area contributed by atoms with Crippen LogP contribution in [0.4, 0.5) is 4.39 Å². The average Bonchev–Trinajstić information content (AvgIpc) is 2.85. The van der Waals surface area contributed by atoms with Gasteiger partial charge in [-0.05, 0) is 31.5 Å². The SMILES string of the molecule is COc1ccc([C@@H](C)NC(=O)c2cc(C)on2)cc1F. The van der Waals surface area contributed by atoms with Gasteiger partial charge in [0.2, 0.25) is 0 Å². The van der Waals surface area contributed by atoms with Crippen molar-refractivity contribution in [2.24, 2.45) is 0 Å². The van der Waals surface area contributed by atoms with E-state index in [0.717, 1.165) is 0 Å². The smallest absolute Gasteiger partial charge is 0.273 e. The quantitative estimate of drug-likeness (QED) is 0.933. The predicted octanol–water partition coefficient (Wildman–Crippen LogP) is 2.62. The van der Waals surface area contributed by atoms with E-state index in [-0.39, 0.29) is 23.4 Å². The summed E-state index contributed by atoms with van der Waals surface area (Å²) in [6.07, 6.45) is 0. The molecule has 1 amide bonds. The highest BCUT2D eigenvalue weighted by Crippen LogP contribution is 2.21. The van der Waals surface area contributed by atoms with E-state index < -0.39 is 5.82 Å². The molecule has 0 spiro atoms. The van der Waals surface area contributed by atoms with Gasteiger partial charge in [-0.25, -0.2) is 4.39 Å². The fourth-order valence-electron chi connectivity index (χ4n) is 1.78. The molecule has 0 saturated heterocycles. The molecule has 0 fully saturated rings. The van der Waals surface area contributed by atoms with Crippen molar-refractivity contribution in [1.82, 2.24) is 10.5 Å². The van der Waals surface area contributed by atoms with Gasteiger partial charge in [0.1, 0.15) is 5.76 Å². The summed E-state index contributed by atoms with van der Waals surface area (Å²) in [6.45, 7) is 3.46. The van der Waals surface area contributed by atoms with E-state index in [0.29, 0.717) is 11.3 Å². The summed E-state index contributed by atoms with van der Waals surface area (Å²) in [7, 11) is 1.40. The van der Waals surface area contributed by atoms with Crippen LogP contribution in [0.1, 0.15) is 34.8 Å². The highest BCUT2D eigenvalue weighted by Gasteiger charge is 2.16. The predicted molar refractivity (Wildman–Crippen MR) is 70.1 cm³/mol. The summed E-state index contributed by atoms with van der Waals surface area (Å²) in [5.74, 6) is -0.119. The average molecular weight is 278 g/mol. The number of hydrogen-bond donors (Lipinski definition) is 1. The summed E-state index contributed by atoms with van der Waals surface area (Å²) < 4.78 is 23.3. The third kappa shape index (κ3) is 2.96. The second-order valence-corrected chi connectivity index (χ2v) is 4.41. The van der Waals surface area contributed by atoms with Gasteiger partial charge in [0, 0.05) is 6.07 Å².